The highest BCUT2D eigenvalue weighted by Gasteiger charge is 2.13. The lowest BCUT2D eigenvalue weighted by Gasteiger charge is -2.06. The van der Waals surface area contributed by atoms with E-state index in [-0.39, 0.29) is 5.82 Å². The summed E-state index contributed by atoms with van der Waals surface area (Å²) in [5.41, 5.74) is 2.73. The van der Waals surface area contributed by atoms with Crippen LogP contribution in [0.25, 0.3) is 23.4 Å². The first-order chi connectivity index (χ1) is 11.2. The Hall–Kier alpha value is -2.40. The SMILES string of the molecule is COc1cccc(F)c1-c1cc(/C=C/c2ccc(Br)cc2)n[nH]1. The highest BCUT2D eigenvalue weighted by Crippen LogP contribution is 2.31. The standard InChI is InChI=1S/C18H14BrFN2O/c1-23-17-4-2-3-15(20)18(17)16-11-14(21-22-16)10-7-12-5-8-13(19)9-6-12/h2-11H,1H3,(H,21,22)/b10-7+. The fourth-order valence-electron chi connectivity index (χ4n) is 2.24. The lowest BCUT2D eigenvalue weighted by molar-refractivity contribution is 0.413. The first-order valence-electron chi connectivity index (χ1n) is 6.99. The fourth-order valence-corrected chi connectivity index (χ4v) is 2.51. The Balaban J connectivity index is 1.88. The number of halogens is 2. The lowest BCUT2D eigenvalue weighted by Crippen LogP contribution is -1.91. The number of rotatable bonds is 4. The zero-order chi connectivity index (χ0) is 16.2. The molecule has 1 N–H and O–H groups in total. The number of ether oxygens (including phenoxy) is 1. The number of hydrogen-bond donors (Lipinski definition) is 1. The molecule has 3 nitrogen and oxygen atoms in total. The average Bonchev–Trinajstić information content (AvgIpc) is 3.02. The van der Waals surface area contributed by atoms with Gasteiger partial charge in [-0.25, -0.2) is 4.39 Å². The molecule has 0 aliphatic carbocycles. The van der Waals surface area contributed by atoms with Crippen molar-refractivity contribution in [2.24, 2.45) is 0 Å². The zero-order valence-electron chi connectivity index (χ0n) is 12.4. The van der Waals surface area contributed by atoms with Crippen molar-refractivity contribution in [3.63, 3.8) is 0 Å². The van der Waals surface area contributed by atoms with E-state index in [9.17, 15) is 4.39 Å². The second-order valence-corrected chi connectivity index (χ2v) is 5.82. The maximum Gasteiger partial charge on any atom is 0.136 e. The van der Waals surface area contributed by atoms with E-state index in [0.29, 0.717) is 22.7 Å². The maximum atomic E-state index is 14.1. The van der Waals surface area contributed by atoms with Crippen molar-refractivity contribution in [3.05, 3.63) is 70.1 Å². The van der Waals surface area contributed by atoms with Gasteiger partial charge in [0.25, 0.3) is 0 Å². The molecule has 0 spiro atoms. The normalized spacial score (nSPS) is 11.1. The van der Waals surface area contributed by atoms with Crippen LogP contribution in [0.4, 0.5) is 4.39 Å². The van der Waals surface area contributed by atoms with Gasteiger partial charge < -0.3 is 4.74 Å². The first kappa shape index (κ1) is 15.5. The molecule has 0 atom stereocenters. The Labute approximate surface area is 141 Å². The van der Waals surface area contributed by atoms with Crippen molar-refractivity contribution in [1.82, 2.24) is 10.2 Å². The fraction of sp³-hybridized carbons (Fsp3) is 0.0556. The van der Waals surface area contributed by atoms with E-state index in [1.165, 1.54) is 13.2 Å². The molecular formula is C18H14BrFN2O. The summed E-state index contributed by atoms with van der Waals surface area (Å²) in [7, 11) is 1.52. The van der Waals surface area contributed by atoms with E-state index in [1.807, 2.05) is 36.4 Å². The minimum atomic E-state index is -0.351. The summed E-state index contributed by atoms with van der Waals surface area (Å²) in [6.45, 7) is 0. The molecule has 116 valence electrons. The van der Waals surface area contributed by atoms with Gasteiger partial charge >= 0.3 is 0 Å². The molecule has 0 amide bonds. The molecule has 23 heavy (non-hydrogen) atoms. The Morgan fingerprint density at radius 2 is 1.91 bits per heavy atom. The molecule has 0 radical (unpaired) electrons. The van der Waals surface area contributed by atoms with Gasteiger partial charge in [-0.05, 0) is 42.0 Å². The largest absolute Gasteiger partial charge is 0.496 e. The van der Waals surface area contributed by atoms with Gasteiger partial charge in [0.05, 0.1) is 24.1 Å². The Kier molecular flexibility index (Phi) is 4.57. The minimum Gasteiger partial charge on any atom is -0.496 e. The summed E-state index contributed by atoms with van der Waals surface area (Å²) >= 11 is 3.40. The first-order valence-corrected chi connectivity index (χ1v) is 7.78. The van der Waals surface area contributed by atoms with Crippen LogP contribution < -0.4 is 4.74 Å². The summed E-state index contributed by atoms with van der Waals surface area (Å²) in [5, 5.41) is 7.05. The van der Waals surface area contributed by atoms with Crippen LogP contribution in [0.5, 0.6) is 5.75 Å². The maximum absolute atomic E-state index is 14.1. The molecular weight excluding hydrogens is 359 g/mol. The van der Waals surface area contributed by atoms with Crippen LogP contribution in [0.3, 0.4) is 0 Å². The summed E-state index contributed by atoms with van der Waals surface area (Å²) in [4.78, 5) is 0. The van der Waals surface area contributed by atoms with Crippen molar-refractivity contribution in [2.75, 3.05) is 7.11 Å². The molecule has 3 aromatic rings. The van der Waals surface area contributed by atoms with Crippen molar-refractivity contribution >= 4 is 28.1 Å². The molecule has 0 aliphatic heterocycles. The van der Waals surface area contributed by atoms with Crippen LogP contribution in [0.1, 0.15) is 11.3 Å². The average molecular weight is 373 g/mol. The summed E-state index contributed by atoms with van der Waals surface area (Å²) in [6.07, 6.45) is 3.82. The van der Waals surface area contributed by atoms with Gasteiger partial charge in [-0.2, -0.15) is 5.10 Å². The number of H-pyrrole nitrogens is 1. The van der Waals surface area contributed by atoms with Gasteiger partial charge in [0.2, 0.25) is 0 Å². The Bertz CT molecular complexity index is 840. The Morgan fingerprint density at radius 3 is 2.65 bits per heavy atom. The zero-order valence-corrected chi connectivity index (χ0v) is 14.0. The second-order valence-electron chi connectivity index (χ2n) is 4.91. The number of nitrogens with zero attached hydrogens (tertiary/aromatic N) is 1. The number of benzene rings is 2. The topological polar surface area (TPSA) is 37.9 Å². The van der Waals surface area contributed by atoms with Gasteiger partial charge in [0.1, 0.15) is 11.6 Å². The van der Waals surface area contributed by atoms with Crippen molar-refractivity contribution in [1.29, 1.82) is 0 Å². The second kappa shape index (κ2) is 6.79. The molecule has 0 saturated carbocycles. The summed E-state index contributed by atoms with van der Waals surface area (Å²) in [6, 6.07) is 14.5. The van der Waals surface area contributed by atoms with Gasteiger partial charge in [-0.1, -0.05) is 40.2 Å². The summed E-state index contributed by atoms with van der Waals surface area (Å²) < 4.78 is 20.3. The Morgan fingerprint density at radius 1 is 1.13 bits per heavy atom. The van der Waals surface area contributed by atoms with E-state index in [0.717, 1.165) is 10.0 Å². The molecule has 0 fully saturated rings. The predicted octanol–water partition coefficient (Wildman–Crippen LogP) is 5.16. The number of aromatic nitrogens is 2. The summed E-state index contributed by atoms with van der Waals surface area (Å²) in [5.74, 6) is 0.119. The van der Waals surface area contributed by atoms with Gasteiger partial charge in [0, 0.05) is 4.47 Å². The highest BCUT2D eigenvalue weighted by molar-refractivity contribution is 9.10. The number of methoxy groups -OCH3 is 1. The molecule has 0 bridgehead atoms. The smallest absolute Gasteiger partial charge is 0.136 e. The third-order valence-electron chi connectivity index (χ3n) is 3.38. The van der Waals surface area contributed by atoms with E-state index >= 15 is 0 Å². The molecule has 3 rings (SSSR count). The lowest BCUT2D eigenvalue weighted by atomic mass is 10.1. The highest BCUT2D eigenvalue weighted by atomic mass is 79.9. The third-order valence-corrected chi connectivity index (χ3v) is 3.91. The quantitative estimate of drug-likeness (QED) is 0.686. The van der Waals surface area contributed by atoms with E-state index < -0.39 is 0 Å². The molecule has 0 aliphatic rings. The van der Waals surface area contributed by atoms with Crippen LogP contribution in [-0.4, -0.2) is 17.3 Å². The van der Waals surface area contributed by atoms with Crippen LogP contribution >= 0.6 is 15.9 Å². The molecule has 5 heteroatoms. The van der Waals surface area contributed by atoms with Gasteiger partial charge in [-0.15, -0.1) is 0 Å². The number of nitrogens with one attached hydrogen (secondary N) is 1. The van der Waals surface area contributed by atoms with Crippen LogP contribution in [0.15, 0.2) is 53.0 Å². The van der Waals surface area contributed by atoms with E-state index in [2.05, 4.69) is 26.1 Å². The number of aromatic amines is 1. The van der Waals surface area contributed by atoms with Crippen LogP contribution in [0.2, 0.25) is 0 Å². The van der Waals surface area contributed by atoms with E-state index in [1.54, 1.807) is 18.2 Å². The van der Waals surface area contributed by atoms with Gasteiger partial charge in [-0.3, -0.25) is 5.10 Å². The van der Waals surface area contributed by atoms with Crippen molar-refractivity contribution in [2.45, 2.75) is 0 Å². The van der Waals surface area contributed by atoms with Gasteiger partial charge in [0.15, 0.2) is 0 Å². The molecule has 1 aromatic heterocycles. The van der Waals surface area contributed by atoms with Crippen molar-refractivity contribution in [3.8, 4) is 17.0 Å². The molecule has 1 heterocycles. The molecule has 2 aromatic carbocycles. The molecule has 0 saturated heterocycles. The number of hydrogen-bond acceptors (Lipinski definition) is 2. The van der Waals surface area contributed by atoms with E-state index in [4.69, 9.17) is 4.74 Å². The van der Waals surface area contributed by atoms with Crippen LogP contribution in [-0.2, 0) is 0 Å². The predicted molar refractivity (Wildman–Crippen MR) is 93.6 cm³/mol. The van der Waals surface area contributed by atoms with Crippen molar-refractivity contribution < 1.29 is 9.13 Å². The molecule has 0 unspecified atom stereocenters. The van der Waals surface area contributed by atoms with Crippen LogP contribution in [0, 0.1) is 5.82 Å². The monoisotopic (exact) mass is 372 g/mol. The third kappa shape index (κ3) is 3.51. The minimum absolute atomic E-state index is 0.351.